The summed E-state index contributed by atoms with van der Waals surface area (Å²) in [5, 5.41) is 3.63. The van der Waals surface area contributed by atoms with Crippen LogP contribution in [0.2, 0.25) is 10.0 Å². The Morgan fingerprint density at radius 3 is 0.893 bits per heavy atom. The molecule has 0 N–H and O–H groups in total. The summed E-state index contributed by atoms with van der Waals surface area (Å²) in [6.45, 7) is 14.3. The largest absolute Gasteiger partial charge is 0.462 e. The van der Waals surface area contributed by atoms with Gasteiger partial charge in [0, 0.05) is 21.5 Å². The average Bonchev–Trinajstić information content (AvgIpc) is 2.68. The molecular weight excluding hydrogens is 399 g/mol. The number of halogens is 2. The molecule has 0 aliphatic heterocycles. The Bertz CT molecular complexity index is 946. The van der Waals surface area contributed by atoms with Crippen LogP contribution in [0.25, 0.3) is 21.5 Å². The van der Waals surface area contributed by atoms with Crippen LogP contribution in [0.1, 0.15) is 0 Å². The Kier molecular flexibility index (Phi) is 5.83. The van der Waals surface area contributed by atoms with Crippen molar-refractivity contribution in [3.05, 3.63) is 85.7 Å². The van der Waals surface area contributed by atoms with Crippen LogP contribution in [0.3, 0.4) is 0 Å². The lowest BCUT2D eigenvalue weighted by Crippen LogP contribution is -1.93. The van der Waals surface area contributed by atoms with E-state index in [1.165, 1.54) is 25.0 Å². The molecule has 3 aromatic rings. The molecular formula is C22H16Cl2O4. The lowest BCUT2D eigenvalue weighted by atomic mass is 10.0. The van der Waals surface area contributed by atoms with E-state index in [4.69, 9.17) is 42.1 Å². The molecule has 0 saturated carbocycles. The van der Waals surface area contributed by atoms with E-state index in [1.54, 1.807) is 24.3 Å². The predicted molar refractivity (Wildman–Crippen MR) is 115 cm³/mol. The van der Waals surface area contributed by atoms with Crippen molar-refractivity contribution in [3.63, 3.8) is 0 Å². The first kappa shape index (κ1) is 19.7. The van der Waals surface area contributed by atoms with Gasteiger partial charge in [0.1, 0.15) is 0 Å². The highest BCUT2D eigenvalue weighted by Crippen LogP contribution is 2.46. The molecule has 6 heteroatoms. The molecule has 4 nitrogen and oxygen atoms in total. The lowest BCUT2D eigenvalue weighted by molar-refractivity contribution is 0.419. The second kappa shape index (κ2) is 8.30. The van der Waals surface area contributed by atoms with Crippen molar-refractivity contribution in [2.45, 2.75) is 0 Å². The average molecular weight is 415 g/mol. The Morgan fingerprint density at radius 2 is 0.714 bits per heavy atom. The molecule has 0 heterocycles. The van der Waals surface area contributed by atoms with Gasteiger partial charge in [-0.1, -0.05) is 49.5 Å². The van der Waals surface area contributed by atoms with Crippen LogP contribution in [-0.4, -0.2) is 0 Å². The monoisotopic (exact) mass is 414 g/mol. The maximum atomic E-state index is 6.71. The van der Waals surface area contributed by atoms with Gasteiger partial charge in [-0.3, -0.25) is 0 Å². The fourth-order valence-corrected chi connectivity index (χ4v) is 3.49. The lowest BCUT2D eigenvalue weighted by Gasteiger charge is -2.15. The molecule has 0 bridgehead atoms. The van der Waals surface area contributed by atoms with Gasteiger partial charge in [-0.25, -0.2) is 0 Å². The molecule has 28 heavy (non-hydrogen) atoms. The quantitative estimate of drug-likeness (QED) is 0.284. The molecule has 0 fully saturated rings. The summed E-state index contributed by atoms with van der Waals surface area (Å²) in [4.78, 5) is 0. The van der Waals surface area contributed by atoms with Crippen LogP contribution in [-0.2, 0) is 0 Å². The second-order valence-corrected chi connectivity index (χ2v) is 6.21. The Labute approximate surface area is 172 Å². The van der Waals surface area contributed by atoms with Crippen molar-refractivity contribution >= 4 is 44.7 Å². The van der Waals surface area contributed by atoms with Gasteiger partial charge < -0.3 is 18.9 Å². The van der Waals surface area contributed by atoms with E-state index in [0.717, 1.165) is 0 Å². The highest BCUT2D eigenvalue weighted by molar-refractivity contribution is 6.47. The molecule has 0 aromatic heterocycles. The first-order valence-corrected chi connectivity index (χ1v) is 8.84. The molecule has 0 aliphatic carbocycles. The summed E-state index contributed by atoms with van der Waals surface area (Å²) < 4.78 is 21.8. The van der Waals surface area contributed by atoms with Crippen LogP contribution in [0, 0.1) is 0 Å². The minimum absolute atomic E-state index is 0.425. The predicted octanol–water partition coefficient (Wildman–Crippen LogP) is 7.39. The summed E-state index contributed by atoms with van der Waals surface area (Å²) in [6.07, 6.45) is 5.18. The van der Waals surface area contributed by atoms with E-state index in [9.17, 15) is 0 Å². The van der Waals surface area contributed by atoms with Crippen LogP contribution in [0.15, 0.2) is 75.6 Å². The molecule has 0 saturated heterocycles. The summed E-state index contributed by atoms with van der Waals surface area (Å²) in [5.41, 5.74) is 0. The smallest absolute Gasteiger partial charge is 0.169 e. The van der Waals surface area contributed by atoms with E-state index in [0.29, 0.717) is 54.6 Å². The van der Waals surface area contributed by atoms with E-state index in [1.807, 2.05) is 0 Å². The van der Waals surface area contributed by atoms with Crippen molar-refractivity contribution in [2.75, 3.05) is 0 Å². The Hall–Kier alpha value is -3.08. The third-order valence-electron chi connectivity index (χ3n) is 3.95. The van der Waals surface area contributed by atoms with Crippen LogP contribution >= 0.6 is 23.2 Å². The number of hydrogen-bond donors (Lipinski definition) is 0. The summed E-state index contributed by atoms with van der Waals surface area (Å²) in [6, 6.07) is 6.91. The van der Waals surface area contributed by atoms with Gasteiger partial charge >= 0.3 is 0 Å². The standard InChI is InChI=1S/C22H16Cl2O4/c1-5-25-17-9-13-14(10-18(17)26-6-2)22(24)16-12-20(28-8-4)19(27-7-3)11-15(16)21(13)23/h5-12H,1-4H2. The Morgan fingerprint density at radius 1 is 0.500 bits per heavy atom. The van der Waals surface area contributed by atoms with Gasteiger partial charge in [0.15, 0.2) is 23.0 Å². The van der Waals surface area contributed by atoms with Gasteiger partial charge in [0.2, 0.25) is 0 Å². The number of hydrogen-bond acceptors (Lipinski definition) is 4. The fourth-order valence-electron chi connectivity index (χ4n) is 2.86. The van der Waals surface area contributed by atoms with Crippen LogP contribution in [0.5, 0.6) is 23.0 Å². The first-order valence-electron chi connectivity index (χ1n) is 8.08. The van der Waals surface area contributed by atoms with Crippen molar-refractivity contribution in [1.29, 1.82) is 0 Å². The zero-order valence-electron chi connectivity index (χ0n) is 14.8. The van der Waals surface area contributed by atoms with Gasteiger partial charge in [-0.15, -0.1) is 0 Å². The molecule has 0 amide bonds. The molecule has 0 radical (unpaired) electrons. The molecule has 0 atom stereocenters. The molecule has 0 unspecified atom stereocenters. The van der Waals surface area contributed by atoms with E-state index in [2.05, 4.69) is 26.3 Å². The number of benzene rings is 3. The molecule has 3 rings (SSSR count). The minimum Gasteiger partial charge on any atom is -0.462 e. The second-order valence-electron chi connectivity index (χ2n) is 5.46. The molecule has 142 valence electrons. The van der Waals surface area contributed by atoms with E-state index in [-0.39, 0.29) is 0 Å². The molecule has 3 aromatic carbocycles. The van der Waals surface area contributed by atoms with Gasteiger partial charge in [0.05, 0.1) is 35.1 Å². The topological polar surface area (TPSA) is 36.9 Å². The van der Waals surface area contributed by atoms with E-state index >= 15 is 0 Å². The van der Waals surface area contributed by atoms with Crippen molar-refractivity contribution in [1.82, 2.24) is 0 Å². The Balaban J connectivity index is 2.41. The number of fused-ring (bicyclic) bond motifs is 2. The maximum Gasteiger partial charge on any atom is 0.169 e. The third kappa shape index (κ3) is 3.40. The van der Waals surface area contributed by atoms with Crippen molar-refractivity contribution in [3.8, 4) is 23.0 Å². The maximum absolute atomic E-state index is 6.71. The van der Waals surface area contributed by atoms with Gasteiger partial charge in [-0.2, -0.15) is 0 Å². The highest BCUT2D eigenvalue weighted by Gasteiger charge is 2.18. The number of rotatable bonds is 8. The summed E-state index contributed by atoms with van der Waals surface area (Å²) in [5.74, 6) is 1.70. The first-order chi connectivity index (χ1) is 13.5. The minimum atomic E-state index is 0.425. The fraction of sp³-hybridized carbons (Fsp3) is 0. The zero-order chi connectivity index (χ0) is 20.3. The SMILES string of the molecule is C=COc1cc2c(Cl)c3cc(OC=C)c(OC=C)cc3c(Cl)c2cc1OC=C. The van der Waals surface area contributed by atoms with Crippen LogP contribution in [0.4, 0.5) is 0 Å². The molecule has 0 aliphatic rings. The number of ether oxygens (including phenoxy) is 4. The zero-order valence-corrected chi connectivity index (χ0v) is 16.3. The van der Waals surface area contributed by atoms with Crippen molar-refractivity contribution in [2.24, 2.45) is 0 Å². The normalized spacial score (nSPS) is 10.4. The molecule has 0 spiro atoms. The van der Waals surface area contributed by atoms with Crippen LogP contribution < -0.4 is 18.9 Å². The third-order valence-corrected chi connectivity index (χ3v) is 4.77. The summed E-state index contributed by atoms with van der Waals surface area (Å²) >= 11 is 13.4. The summed E-state index contributed by atoms with van der Waals surface area (Å²) in [7, 11) is 0. The van der Waals surface area contributed by atoms with Gasteiger partial charge in [-0.05, 0) is 24.3 Å². The van der Waals surface area contributed by atoms with E-state index < -0.39 is 0 Å². The highest BCUT2D eigenvalue weighted by atomic mass is 35.5. The van der Waals surface area contributed by atoms with Gasteiger partial charge in [0.25, 0.3) is 0 Å². The van der Waals surface area contributed by atoms with Crippen molar-refractivity contribution < 1.29 is 18.9 Å².